The van der Waals surface area contributed by atoms with Crippen LogP contribution < -0.4 is 5.73 Å². The van der Waals surface area contributed by atoms with Gasteiger partial charge in [0.05, 0.1) is 0 Å². The van der Waals surface area contributed by atoms with Gasteiger partial charge in [-0.05, 0) is 44.2 Å². The van der Waals surface area contributed by atoms with Gasteiger partial charge in [-0.1, -0.05) is 37.3 Å². The van der Waals surface area contributed by atoms with Gasteiger partial charge in [0.15, 0.2) is 0 Å². The molecule has 0 aliphatic carbocycles. The average molecular weight is 246 g/mol. The van der Waals surface area contributed by atoms with E-state index in [0.717, 1.165) is 18.9 Å². The topological polar surface area (TPSA) is 29.3 Å². The monoisotopic (exact) mass is 246 g/mol. The zero-order valence-electron chi connectivity index (χ0n) is 11.7. The smallest absolute Gasteiger partial charge is 0.0363 e. The second-order valence-electron chi connectivity index (χ2n) is 5.73. The maximum Gasteiger partial charge on any atom is 0.0363 e. The first-order chi connectivity index (χ1) is 8.72. The van der Waals surface area contributed by atoms with Crippen LogP contribution in [0.1, 0.15) is 44.7 Å². The molecule has 3 atom stereocenters. The second-order valence-corrected chi connectivity index (χ2v) is 5.73. The van der Waals surface area contributed by atoms with Gasteiger partial charge in [0.1, 0.15) is 0 Å². The fourth-order valence-corrected chi connectivity index (χ4v) is 3.11. The first-order valence-electron chi connectivity index (χ1n) is 7.23. The molecule has 1 saturated heterocycles. The van der Waals surface area contributed by atoms with E-state index in [1.54, 1.807) is 0 Å². The Hall–Kier alpha value is -0.860. The normalized spacial score (nSPS) is 27.1. The lowest BCUT2D eigenvalue weighted by Crippen LogP contribution is -2.43. The molecular formula is C16H26N2. The van der Waals surface area contributed by atoms with Crippen molar-refractivity contribution in [1.29, 1.82) is 0 Å². The van der Waals surface area contributed by atoms with Crippen molar-refractivity contribution in [2.75, 3.05) is 13.1 Å². The lowest BCUT2D eigenvalue weighted by atomic mass is 9.90. The van der Waals surface area contributed by atoms with Crippen LogP contribution in [-0.4, -0.2) is 24.0 Å². The Labute approximate surface area is 111 Å². The molecule has 1 aromatic rings. The van der Waals surface area contributed by atoms with Gasteiger partial charge in [-0.25, -0.2) is 0 Å². The molecule has 2 N–H and O–H groups in total. The molecule has 0 radical (unpaired) electrons. The Morgan fingerprint density at radius 1 is 1.22 bits per heavy atom. The lowest BCUT2D eigenvalue weighted by Gasteiger charge is -2.42. The second kappa shape index (κ2) is 6.35. The van der Waals surface area contributed by atoms with E-state index >= 15 is 0 Å². The summed E-state index contributed by atoms with van der Waals surface area (Å²) in [7, 11) is 0. The van der Waals surface area contributed by atoms with Crippen molar-refractivity contribution < 1.29 is 0 Å². The molecule has 2 nitrogen and oxygen atoms in total. The van der Waals surface area contributed by atoms with Crippen LogP contribution in [0.25, 0.3) is 0 Å². The van der Waals surface area contributed by atoms with E-state index in [2.05, 4.69) is 49.1 Å². The van der Waals surface area contributed by atoms with E-state index in [0.29, 0.717) is 12.1 Å². The fourth-order valence-electron chi connectivity index (χ4n) is 3.11. The SMILES string of the molecule is CC1CCC(C)N(C(CCN)c2ccccc2)C1. The molecule has 2 heteroatoms. The van der Waals surface area contributed by atoms with Crippen LogP contribution in [0.3, 0.4) is 0 Å². The number of nitrogens with two attached hydrogens (primary N) is 1. The molecule has 3 unspecified atom stereocenters. The Bertz CT molecular complexity index is 349. The highest BCUT2D eigenvalue weighted by Crippen LogP contribution is 2.32. The van der Waals surface area contributed by atoms with Gasteiger partial charge in [-0.15, -0.1) is 0 Å². The average Bonchev–Trinajstić information content (AvgIpc) is 2.40. The molecule has 0 spiro atoms. The molecule has 1 aromatic carbocycles. The van der Waals surface area contributed by atoms with Crippen molar-refractivity contribution in [2.45, 2.75) is 45.2 Å². The summed E-state index contributed by atoms with van der Waals surface area (Å²) in [5.74, 6) is 0.810. The fraction of sp³-hybridized carbons (Fsp3) is 0.625. The first kappa shape index (κ1) is 13.6. The minimum absolute atomic E-state index is 0.494. The van der Waals surface area contributed by atoms with Gasteiger partial charge < -0.3 is 5.73 Å². The number of nitrogens with zero attached hydrogens (tertiary/aromatic N) is 1. The summed E-state index contributed by atoms with van der Waals surface area (Å²) in [4.78, 5) is 2.66. The van der Waals surface area contributed by atoms with Crippen molar-refractivity contribution in [3.63, 3.8) is 0 Å². The molecule has 0 saturated carbocycles. The molecule has 0 aromatic heterocycles. The highest BCUT2D eigenvalue weighted by atomic mass is 15.2. The Kier molecular flexibility index (Phi) is 4.79. The molecule has 0 bridgehead atoms. The number of piperidine rings is 1. The molecule has 18 heavy (non-hydrogen) atoms. The highest BCUT2D eigenvalue weighted by Gasteiger charge is 2.29. The molecule has 1 aliphatic rings. The third-order valence-electron chi connectivity index (χ3n) is 4.19. The molecule has 2 rings (SSSR count). The van der Waals surface area contributed by atoms with Crippen LogP contribution in [0, 0.1) is 5.92 Å². The van der Waals surface area contributed by atoms with Crippen molar-refractivity contribution >= 4 is 0 Å². The summed E-state index contributed by atoms with van der Waals surface area (Å²) in [6.07, 6.45) is 3.73. The Morgan fingerprint density at radius 2 is 1.94 bits per heavy atom. The van der Waals surface area contributed by atoms with Crippen LogP contribution in [0.5, 0.6) is 0 Å². The number of rotatable bonds is 4. The Morgan fingerprint density at radius 3 is 2.61 bits per heavy atom. The summed E-state index contributed by atoms with van der Waals surface area (Å²) in [5.41, 5.74) is 7.25. The number of likely N-dealkylation sites (tertiary alicyclic amines) is 1. The molecule has 1 fully saturated rings. The van der Waals surface area contributed by atoms with E-state index in [-0.39, 0.29) is 0 Å². The quantitative estimate of drug-likeness (QED) is 0.884. The first-order valence-corrected chi connectivity index (χ1v) is 7.23. The van der Waals surface area contributed by atoms with Crippen molar-refractivity contribution in [3.05, 3.63) is 35.9 Å². The number of hydrogen-bond donors (Lipinski definition) is 1. The Balaban J connectivity index is 2.18. The molecule has 1 heterocycles. The van der Waals surface area contributed by atoms with E-state index in [4.69, 9.17) is 5.73 Å². The third-order valence-corrected chi connectivity index (χ3v) is 4.19. The summed E-state index contributed by atoms with van der Waals surface area (Å²) >= 11 is 0. The zero-order chi connectivity index (χ0) is 13.0. The molecule has 100 valence electrons. The van der Waals surface area contributed by atoms with Gasteiger partial charge in [0, 0.05) is 18.6 Å². The summed E-state index contributed by atoms with van der Waals surface area (Å²) in [5, 5.41) is 0. The van der Waals surface area contributed by atoms with E-state index in [9.17, 15) is 0 Å². The third kappa shape index (κ3) is 3.12. The predicted octanol–water partition coefficient (Wildman–Crippen LogP) is 3.20. The molecule has 1 aliphatic heterocycles. The summed E-state index contributed by atoms with van der Waals surface area (Å²) in [6, 6.07) is 12.0. The van der Waals surface area contributed by atoms with Crippen LogP contribution in [0.15, 0.2) is 30.3 Å². The van der Waals surface area contributed by atoms with Gasteiger partial charge in [-0.2, -0.15) is 0 Å². The predicted molar refractivity (Wildman–Crippen MR) is 77.4 cm³/mol. The van der Waals surface area contributed by atoms with Crippen LogP contribution >= 0.6 is 0 Å². The zero-order valence-corrected chi connectivity index (χ0v) is 11.7. The largest absolute Gasteiger partial charge is 0.330 e. The number of hydrogen-bond acceptors (Lipinski definition) is 2. The highest BCUT2D eigenvalue weighted by molar-refractivity contribution is 5.19. The minimum Gasteiger partial charge on any atom is -0.330 e. The van der Waals surface area contributed by atoms with Gasteiger partial charge in [-0.3, -0.25) is 4.90 Å². The van der Waals surface area contributed by atoms with E-state index in [1.165, 1.54) is 24.9 Å². The van der Waals surface area contributed by atoms with Gasteiger partial charge in [0.25, 0.3) is 0 Å². The maximum atomic E-state index is 5.83. The van der Waals surface area contributed by atoms with Crippen LogP contribution in [0.4, 0.5) is 0 Å². The van der Waals surface area contributed by atoms with Crippen LogP contribution in [0.2, 0.25) is 0 Å². The lowest BCUT2D eigenvalue weighted by molar-refractivity contribution is 0.0729. The van der Waals surface area contributed by atoms with Crippen molar-refractivity contribution in [3.8, 4) is 0 Å². The molecular weight excluding hydrogens is 220 g/mol. The minimum atomic E-state index is 0.494. The van der Waals surface area contributed by atoms with Gasteiger partial charge >= 0.3 is 0 Å². The van der Waals surface area contributed by atoms with Crippen molar-refractivity contribution in [2.24, 2.45) is 11.7 Å². The van der Waals surface area contributed by atoms with Gasteiger partial charge in [0.2, 0.25) is 0 Å². The number of benzene rings is 1. The molecule has 0 amide bonds. The standard InChI is InChI=1S/C16H26N2/c1-13-8-9-14(2)18(12-13)16(10-11-17)15-6-4-3-5-7-15/h3-7,13-14,16H,8-12,17H2,1-2H3. The van der Waals surface area contributed by atoms with E-state index in [1.807, 2.05) is 0 Å². The summed E-state index contributed by atoms with van der Waals surface area (Å²) < 4.78 is 0. The van der Waals surface area contributed by atoms with E-state index < -0.39 is 0 Å². The van der Waals surface area contributed by atoms with Crippen molar-refractivity contribution in [1.82, 2.24) is 4.90 Å². The van der Waals surface area contributed by atoms with Crippen LogP contribution in [-0.2, 0) is 0 Å². The summed E-state index contributed by atoms with van der Waals surface area (Å²) in [6.45, 7) is 6.69. The maximum absolute atomic E-state index is 5.83.